The monoisotopic (exact) mass is 503 g/mol. The molecule has 3 aliphatic rings. The first-order valence-electron chi connectivity index (χ1n) is 13.4. The molecule has 0 radical (unpaired) electrons. The number of allylic oxidation sites excluding steroid dienone is 2. The number of thiophene rings is 1. The van der Waals surface area contributed by atoms with Gasteiger partial charge in [0.05, 0.1) is 18.9 Å². The number of amides is 1. The van der Waals surface area contributed by atoms with Crippen LogP contribution in [0.1, 0.15) is 98.5 Å². The van der Waals surface area contributed by atoms with Crippen LogP contribution in [0.3, 0.4) is 0 Å². The van der Waals surface area contributed by atoms with Crippen molar-refractivity contribution < 1.29 is 23.8 Å². The third kappa shape index (κ3) is 6.36. The molecular weight excluding hydrogens is 462 g/mol. The molecule has 3 aliphatic carbocycles. The fourth-order valence-electron chi connectivity index (χ4n) is 5.85. The molecule has 4 rings (SSSR count). The van der Waals surface area contributed by atoms with Crippen LogP contribution < -0.4 is 4.90 Å². The zero-order valence-electron chi connectivity index (χ0n) is 21.6. The van der Waals surface area contributed by atoms with Gasteiger partial charge in [0.15, 0.2) is 0 Å². The van der Waals surface area contributed by atoms with Crippen molar-refractivity contribution >= 4 is 34.5 Å². The van der Waals surface area contributed by atoms with Gasteiger partial charge in [0.1, 0.15) is 11.7 Å². The Hall–Kier alpha value is -1.70. The maximum absolute atomic E-state index is 14.1. The summed E-state index contributed by atoms with van der Waals surface area (Å²) in [5.41, 5.74) is 2.06. The van der Waals surface area contributed by atoms with Gasteiger partial charge in [0.25, 0.3) is 0 Å². The van der Waals surface area contributed by atoms with Crippen molar-refractivity contribution in [1.82, 2.24) is 0 Å². The molecule has 6 nitrogen and oxygen atoms in total. The second-order valence-electron chi connectivity index (χ2n) is 10.5. The van der Waals surface area contributed by atoms with E-state index in [1.807, 2.05) is 4.90 Å². The molecule has 2 fully saturated rings. The van der Waals surface area contributed by atoms with Gasteiger partial charge in [-0.3, -0.25) is 4.79 Å². The number of carbonyl (C=O) groups excluding carboxylic acids is 2. The lowest BCUT2D eigenvalue weighted by molar-refractivity contribution is -0.124. The van der Waals surface area contributed by atoms with Crippen LogP contribution in [0, 0.1) is 11.8 Å². The molecule has 0 spiro atoms. The van der Waals surface area contributed by atoms with Gasteiger partial charge in [-0.2, -0.15) is 0 Å². The molecule has 0 bridgehead atoms. The third-order valence-corrected chi connectivity index (χ3v) is 9.16. The lowest BCUT2D eigenvalue weighted by atomic mass is 9.81. The van der Waals surface area contributed by atoms with Crippen molar-refractivity contribution in [3.63, 3.8) is 0 Å². The fraction of sp³-hybridized carbons (Fsp3) is 0.714. The highest BCUT2D eigenvalue weighted by molar-refractivity contribution is 7.15. The molecule has 0 atom stereocenters. The highest BCUT2D eigenvalue weighted by Crippen LogP contribution is 2.42. The largest absolute Gasteiger partial charge is 0.465 e. The molecule has 0 aliphatic heterocycles. The maximum Gasteiger partial charge on any atom is 0.350 e. The zero-order chi connectivity index (χ0) is 24.8. The van der Waals surface area contributed by atoms with Crippen LogP contribution in [-0.2, 0) is 19.0 Å². The van der Waals surface area contributed by atoms with E-state index in [0.29, 0.717) is 17.6 Å². The smallest absolute Gasteiger partial charge is 0.350 e. The Kier molecular flexibility index (Phi) is 9.42. The number of anilines is 1. The van der Waals surface area contributed by atoms with Gasteiger partial charge < -0.3 is 19.1 Å². The van der Waals surface area contributed by atoms with Crippen LogP contribution in [0.25, 0.3) is 5.57 Å². The topological polar surface area (TPSA) is 65.1 Å². The SMILES string of the molecule is COCOC1CCC(N(C(=O)C2CCC(C)CC2)c2cc(C3=CCCCC3)sc2C(=O)OC)CC1. The third-order valence-electron chi connectivity index (χ3n) is 7.98. The summed E-state index contributed by atoms with van der Waals surface area (Å²) in [5.74, 6) is 0.541. The predicted molar refractivity (Wildman–Crippen MR) is 140 cm³/mol. The maximum atomic E-state index is 14.1. The molecule has 1 aromatic heterocycles. The van der Waals surface area contributed by atoms with E-state index < -0.39 is 0 Å². The normalized spacial score (nSPS) is 27.2. The Morgan fingerprint density at radius 2 is 1.77 bits per heavy atom. The summed E-state index contributed by atoms with van der Waals surface area (Å²) in [4.78, 5) is 30.7. The highest BCUT2D eigenvalue weighted by atomic mass is 32.1. The molecule has 7 heteroatoms. The molecule has 1 amide bonds. The number of carbonyl (C=O) groups is 2. The summed E-state index contributed by atoms with van der Waals surface area (Å²) in [7, 11) is 3.07. The minimum atomic E-state index is -0.347. The van der Waals surface area contributed by atoms with Gasteiger partial charge in [-0.1, -0.05) is 13.0 Å². The molecule has 0 saturated heterocycles. The van der Waals surface area contributed by atoms with Gasteiger partial charge in [0.2, 0.25) is 5.91 Å². The molecule has 1 heterocycles. The number of ether oxygens (including phenoxy) is 3. The van der Waals surface area contributed by atoms with Gasteiger partial charge in [-0.25, -0.2) is 4.79 Å². The molecule has 0 unspecified atom stereocenters. The Bertz CT molecular complexity index is 893. The number of nitrogens with zero attached hydrogens (tertiary/aromatic N) is 1. The molecular formula is C28H41NO5S. The second kappa shape index (κ2) is 12.5. The van der Waals surface area contributed by atoms with Crippen LogP contribution in [0.5, 0.6) is 0 Å². The van der Waals surface area contributed by atoms with Crippen molar-refractivity contribution in [3.05, 3.63) is 21.9 Å². The lowest BCUT2D eigenvalue weighted by Crippen LogP contribution is -2.47. The van der Waals surface area contributed by atoms with Crippen molar-refractivity contribution in [2.75, 3.05) is 25.9 Å². The number of rotatable bonds is 8. The van der Waals surface area contributed by atoms with E-state index in [-0.39, 0.29) is 29.9 Å². The summed E-state index contributed by atoms with van der Waals surface area (Å²) < 4.78 is 16.1. The van der Waals surface area contributed by atoms with Crippen LogP contribution in [-0.4, -0.2) is 45.0 Å². The van der Waals surface area contributed by atoms with Gasteiger partial charge in [-0.05, 0) is 94.6 Å². The predicted octanol–water partition coefficient (Wildman–Crippen LogP) is 6.58. The lowest BCUT2D eigenvalue weighted by Gasteiger charge is -2.39. The fourth-order valence-corrected chi connectivity index (χ4v) is 6.99. The number of hydrogen-bond donors (Lipinski definition) is 0. The van der Waals surface area contributed by atoms with Crippen molar-refractivity contribution in [3.8, 4) is 0 Å². The van der Waals surface area contributed by atoms with Crippen molar-refractivity contribution in [2.45, 2.75) is 96.1 Å². The van der Waals surface area contributed by atoms with Crippen LogP contribution >= 0.6 is 11.3 Å². The molecule has 1 aromatic rings. The molecule has 2 saturated carbocycles. The van der Waals surface area contributed by atoms with Gasteiger partial charge >= 0.3 is 5.97 Å². The molecule has 35 heavy (non-hydrogen) atoms. The van der Waals surface area contributed by atoms with E-state index in [0.717, 1.165) is 74.8 Å². The highest BCUT2D eigenvalue weighted by Gasteiger charge is 2.38. The summed E-state index contributed by atoms with van der Waals surface area (Å²) in [6.45, 7) is 2.58. The summed E-state index contributed by atoms with van der Waals surface area (Å²) in [6.07, 6.45) is 14.5. The second-order valence-corrected chi connectivity index (χ2v) is 11.5. The number of esters is 1. The van der Waals surface area contributed by atoms with Crippen LogP contribution in [0.4, 0.5) is 5.69 Å². The average molecular weight is 504 g/mol. The number of methoxy groups -OCH3 is 2. The molecule has 0 aromatic carbocycles. The first kappa shape index (κ1) is 26.4. The van der Waals surface area contributed by atoms with Crippen molar-refractivity contribution in [1.29, 1.82) is 0 Å². The first-order chi connectivity index (χ1) is 17.0. The van der Waals surface area contributed by atoms with E-state index in [1.54, 1.807) is 7.11 Å². The summed E-state index contributed by atoms with van der Waals surface area (Å²) >= 11 is 1.49. The Morgan fingerprint density at radius 1 is 1.03 bits per heavy atom. The van der Waals surface area contributed by atoms with E-state index in [9.17, 15) is 9.59 Å². The van der Waals surface area contributed by atoms with Gasteiger partial charge in [-0.15, -0.1) is 11.3 Å². The quantitative estimate of drug-likeness (QED) is 0.296. The summed E-state index contributed by atoms with van der Waals surface area (Å²) in [6, 6.07) is 2.17. The van der Waals surface area contributed by atoms with E-state index in [2.05, 4.69) is 19.1 Å². The van der Waals surface area contributed by atoms with E-state index in [4.69, 9.17) is 14.2 Å². The van der Waals surface area contributed by atoms with Crippen LogP contribution in [0.15, 0.2) is 12.1 Å². The molecule has 0 N–H and O–H groups in total. The average Bonchev–Trinajstić information content (AvgIpc) is 3.33. The Balaban J connectivity index is 1.66. The summed E-state index contributed by atoms with van der Waals surface area (Å²) in [5, 5.41) is 0. The standard InChI is InChI=1S/C28H41NO5S/c1-19-9-11-21(12-10-19)27(30)29(22-13-15-23(16-14-22)34-18-32-2)24-17-25(20-7-5-4-6-8-20)35-26(24)28(31)33-3/h7,17,19,21-23H,4-6,8-16,18H2,1-3H3. The Labute approximate surface area is 214 Å². The zero-order valence-corrected chi connectivity index (χ0v) is 22.4. The Morgan fingerprint density at radius 3 is 2.40 bits per heavy atom. The van der Waals surface area contributed by atoms with E-state index in [1.165, 1.54) is 36.9 Å². The first-order valence-corrected chi connectivity index (χ1v) is 14.2. The van der Waals surface area contributed by atoms with Crippen LogP contribution in [0.2, 0.25) is 0 Å². The van der Waals surface area contributed by atoms with Crippen molar-refractivity contribution in [2.24, 2.45) is 11.8 Å². The van der Waals surface area contributed by atoms with Gasteiger partial charge in [0, 0.05) is 23.9 Å². The molecule has 194 valence electrons. The minimum Gasteiger partial charge on any atom is -0.465 e. The van der Waals surface area contributed by atoms with E-state index >= 15 is 0 Å². The number of hydrogen-bond acceptors (Lipinski definition) is 6. The minimum absolute atomic E-state index is 0.0245.